The van der Waals surface area contributed by atoms with E-state index in [9.17, 15) is 9.59 Å². The van der Waals surface area contributed by atoms with E-state index in [4.69, 9.17) is 9.26 Å². The Balaban J connectivity index is 2.16. The minimum atomic E-state index is -0.920. The maximum atomic E-state index is 12.1. The molecule has 1 amide bonds. The number of esters is 1. The number of rotatable bonds is 3. The van der Waals surface area contributed by atoms with Crippen LogP contribution in [0.15, 0.2) is 10.6 Å². The van der Waals surface area contributed by atoms with Crippen molar-refractivity contribution >= 4 is 11.9 Å². The van der Waals surface area contributed by atoms with Crippen molar-refractivity contribution in [2.45, 2.75) is 44.6 Å². The van der Waals surface area contributed by atoms with Crippen LogP contribution in [0.4, 0.5) is 0 Å². The van der Waals surface area contributed by atoms with Crippen LogP contribution in [0.25, 0.3) is 0 Å². The van der Waals surface area contributed by atoms with Gasteiger partial charge in [0.2, 0.25) is 0 Å². The molecule has 0 saturated heterocycles. The van der Waals surface area contributed by atoms with Crippen LogP contribution in [0.1, 0.15) is 48.4 Å². The second-order valence-corrected chi connectivity index (χ2v) is 4.91. The van der Waals surface area contributed by atoms with Gasteiger partial charge in [0.05, 0.1) is 7.11 Å². The first kappa shape index (κ1) is 13.6. The number of aryl methyl sites for hydroxylation is 1. The number of aromatic nitrogens is 1. The standard InChI is InChI=1S/C13H18N2O4/c1-9-8-10(15-19-9)11(16)14-13(12(17)18-2)6-4-3-5-7-13/h8H,3-7H2,1-2H3,(H,14,16). The highest BCUT2D eigenvalue weighted by atomic mass is 16.5. The van der Waals surface area contributed by atoms with Crippen LogP contribution < -0.4 is 5.32 Å². The van der Waals surface area contributed by atoms with Crippen molar-refractivity contribution in [3.8, 4) is 0 Å². The van der Waals surface area contributed by atoms with Gasteiger partial charge in [0, 0.05) is 6.07 Å². The molecule has 1 N–H and O–H groups in total. The normalized spacial score (nSPS) is 17.8. The van der Waals surface area contributed by atoms with Gasteiger partial charge in [-0.15, -0.1) is 0 Å². The maximum absolute atomic E-state index is 12.1. The van der Waals surface area contributed by atoms with Crippen LogP contribution in [-0.4, -0.2) is 29.7 Å². The van der Waals surface area contributed by atoms with E-state index >= 15 is 0 Å². The second kappa shape index (κ2) is 5.42. The third kappa shape index (κ3) is 2.77. The number of nitrogens with zero attached hydrogens (tertiary/aromatic N) is 1. The predicted octanol–water partition coefficient (Wildman–Crippen LogP) is 1.59. The van der Waals surface area contributed by atoms with E-state index in [2.05, 4.69) is 10.5 Å². The Labute approximate surface area is 111 Å². The first-order valence-electron chi connectivity index (χ1n) is 6.42. The number of nitrogens with one attached hydrogen (secondary N) is 1. The quantitative estimate of drug-likeness (QED) is 0.840. The van der Waals surface area contributed by atoms with Crippen molar-refractivity contribution in [3.05, 3.63) is 17.5 Å². The highest BCUT2D eigenvalue weighted by Gasteiger charge is 2.42. The Morgan fingerprint density at radius 3 is 2.58 bits per heavy atom. The smallest absolute Gasteiger partial charge is 0.331 e. The minimum absolute atomic E-state index is 0.186. The number of hydrogen-bond acceptors (Lipinski definition) is 5. The average Bonchev–Trinajstić information content (AvgIpc) is 2.85. The van der Waals surface area contributed by atoms with Crippen LogP contribution in [0.3, 0.4) is 0 Å². The lowest BCUT2D eigenvalue weighted by atomic mass is 9.81. The van der Waals surface area contributed by atoms with Gasteiger partial charge in [0.1, 0.15) is 11.3 Å². The van der Waals surface area contributed by atoms with Crippen molar-refractivity contribution in [1.82, 2.24) is 10.5 Å². The summed E-state index contributed by atoms with van der Waals surface area (Å²) in [6.45, 7) is 1.71. The molecule has 1 aromatic heterocycles. The van der Waals surface area contributed by atoms with Gasteiger partial charge in [0.15, 0.2) is 5.69 Å². The van der Waals surface area contributed by atoms with E-state index in [1.165, 1.54) is 7.11 Å². The van der Waals surface area contributed by atoms with Crippen LogP contribution in [0.5, 0.6) is 0 Å². The molecule has 1 aliphatic rings. The zero-order chi connectivity index (χ0) is 13.9. The molecule has 0 unspecified atom stereocenters. The molecule has 0 bridgehead atoms. The number of amides is 1. The summed E-state index contributed by atoms with van der Waals surface area (Å²) < 4.78 is 9.71. The molecule has 0 aliphatic heterocycles. The van der Waals surface area contributed by atoms with Gasteiger partial charge < -0.3 is 14.6 Å². The van der Waals surface area contributed by atoms with Gasteiger partial charge in [-0.2, -0.15) is 0 Å². The summed E-state index contributed by atoms with van der Waals surface area (Å²) in [5.41, 5.74) is -0.733. The molecule has 0 spiro atoms. The van der Waals surface area contributed by atoms with E-state index in [0.717, 1.165) is 19.3 Å². The summed E-state index contributed by atoms with van der Waals surface area (Å²) in [7, 11) is 1.34. The maximum Gasteiger partial charge on any atom is 0.331 e. The average molecular weight is 266 g/mol. The summed E-state index contributed by atoms with van der Waals surface area (Å²) in [5.74, 6) is -0.231. The number of methoxy groups -OCH3 is 1. The van der Waals surface area contributed by atoms with Crippen molar-refractivity contribution in [2.24, 2.45) is 0 Å². The van der Waals surface area contributed by atoms with Gasteiger partial charge in [-0.1, -0.05) is 24.4 Å². The number of ether oxygens (including phenoxy) is 1. The molecule has 1 aliphatic carbocycles. The van der Waals surface area contributed by atoms with Crippen molar-refractivity contribution in [2.75, 3.05) is 7.11 Å². The number of hydrogen-bond donors (Lipinski definition) is 1. The zero-order valence-corrected chi connectivity index (χ0v) is 11.2. The van der Waals surface area contributed by atoms with Crippen molar-refractivity contribution < 1.29 is 18.8 Å². The van der Waals surface area contributed by atoms with Crippen molar-refractivity contribution in [1.29, 1.82) is 0 Å². The molecular weight excluding hydrogens is 248 g/mol. The summed E-state index contributed by atoms with van der Waals surface area (Å²) in [6, 6.07) is 1.54. The highest BCUT2D eigenvalue weighted by molar-refractivity contribution is 5.96. The highest BCUT2D eigenvalue weighted by Crippen LogP contribution is 2.29. The van der Waals surface area contributed by atoms with Gasteiger partial charge in [0.25, 0.3) is 5.91 Å². The first-order chi connectivity index (χ1) is 9.07. The Kier molecular flexibility index (Phi) is 3.87. The van der Waals surface area contributed by atoms with E-state index in [-0.39, 0.29) is 11.7 Å². The lowest BCUT2D eigenvalue weighted by Crippen LogP contribution is -2.56. The van der Waals surface area contributed by atoms with Gasteiger partial charge in [-0.3, -0.25) is 4.79 Å². The third-order valence-corrected chi connectivity index (χ3v) is 3.50. The molecule has 6 nitrogen and oxygen atoms in total. The minimum Gasteiger partial charge on any atom is -0.467 e. The third-order valence-electron chi connectivity index (χ3n) is 3.50. The van der Waals surface area contributed by atoms with Crippen LogP contribution in [0, 0.1) is 6.92 Å². The molecule has 1 aromatic rings. The summed E-state index contributed by atoms with van der Waals surface area (Å²) >= 11 is 0. The van der Waals surface area contributed by atoms with E-state index in [1.807, 2.05) is 0 Å². The Morgan fingerprint density at radius 1 is 1.37 bits per heavy atom. The topological polar surface area (TPSA) is 81.4 Å². The molecular formula is C13H18N2O4. The summed E-state index contributed by atoms with van der Waals surface area (Å²) in [6.07, 6.45) is 4.06. The van der Waals surface area contributed by atoms with E-state index in [0.29, 0.717) is 18.6 Å². The molecule has 1 saturated carbocycles. The first-order valence-corrected chi connectivity index (χ1v) is 6.42. The van der Waals surface area contributed by atoms with Gasteiger partial charge >= 0.3 is 5.97 Å². The Morgan fingerprint density at radius 2 is 2.05 bits per heavy atom. The molecule has 104 valence electrons. The van der Waals surface area contributed by atoms with Crippen LogP contribution in [0.2, 0.25) is 0 Å². The lowest BCUT2D eigenvalue weighted by Gasteiger charge is -2.34. The van der Waals surface area contributed by atoms with E-state index in [1.54, 1.807) is 13.0 Å². The molecule has 6 heteroatoms. The largest absolute Gasteiger partial charge is 0.467 e. The SMILES string of the molecule is COC(=O)C1(NC(=O)c2cc(C)on2)CCCCC1. The molecule has 1 heterocycles. The molecule has 2 rings (SSSR count). The van der Waals surface area contributed by atoms with Crippen molar-refractivity contribution in [3.63, 3.8) is 0 Å². The summed E-state index contributed by atoms with van der Waals surface area (Å²) in [5, 5.41) is 6.44. The second-order valence-electron chi connectivity index (χ2n) is 4.91. The summed E-state index contributed by atoms with van der Waals surface area (Å²) in [4.78, 5) is 24.1. The Bertz CT molecular complexity index is 475. The van der Waals surface area contributed by atoms with Gasteiger partial charge in [-0.25, -0.2) is 4.79 Å². The van der Waals surface area contributed by atoms with E-state index < -0.39 is 11.4 Å². The fourth-order valence-electron chi connectivity index (χ4n) is 2.49. The Hall–Kier alpha value is -1.85. The number of carbonyl (C=O) groups is 2. The predicted molar refractivity (Wildman–Crippen MR) is 66.5 cm³/mol. The molecule has 0 aromatic carbocycles. The monoisotopic (exact) mass is 266 g/mol. The fourth-order valence-corrected chi connectivity index (χ4v) is 2.49. The van der Waals surface area contributed by atoms with Gasteiger partial charge in [-0.05, 0) is 19.8 Å². The lowest BCUT2D eigenvalue weighted by molar-refractivity contribution is -0.149. The molecule has 0 atom stereocenters. The molecule has 19 heavy (non-hydrogen) atoms. The zero-order valence-electron chi connectivity index (χ0n) is 11.2. The molecule has 0 radical (unpaired) electrons. The number of carbonyl (C=O) groups excluding carboxylic acids is 2. The van der Waals surface area contributed by atoms with Crippen LogP contribution in [-0.2, 0) is 9.53 Å². The fraction of sp³-hybridized carbons (Fsp3) is 0.615. The molecule has 1 fully saturated rings. The van der Waals surface area contributed by atoms with Crippen LogP contribution >= 0.6 is 0 Å².